The van der Waals surface area contributed by atoms with Gasteiger partial charge in [0.25, 0.3) is 10.0 Å². The van der Waals surface area contributed by atoms with E-state index in [1.165, 1.54) is 12.3 Å². The van der Waals surface area contributed by atoms with Crippen molar-refractivity contribution in [2.45, 2.75) is 4.90 Å². The molecule has 0 saturated heterocycles. The molecule has 0 saturated carbocycles. The van der Waals surface area contributed by atoms with Gasteiger partial charge in [-0.3, -0.25) is 0 Å². The van der Waals surface area contributed by atoms with Crippen molar-refractivity contribution < 1.29 is 17.2 Å². The van der Waals surface area contributed by atoms with Crippen molar-refractivity contribution in [3.63, 3.8) is 0 Å². The van der Waals surface area contributed by atoms with Crippen molar-refractivity contribution in [3.8, 4) is 0 Å². The van der Waals surface area contributed by atoms with Crippen LogP contribution < -0.4 is 4.72 Å². The molecule has 0 amide bonds. The van der Waals surface area contributed by atoms with Gasteiger partial charge in [-0.15, -0.1) is 0 Å². The summed E-state index contributed by atoms with van der Waals surface area (Å²) in [7, 11) is -4.33. The van der Waals surface area contributed by atoms with E-state index in [1.807, 2.05) is 4.72 Å². The van der Waals surface area contributed by atoms with Gasteiger partial charge < -0.3 is 0 Å². The first-order chi connectivity index (χ1) is 9.29. The van der Waals surface area contributed by atoms with Gasteiger partial charge in [0.1, 0.15) is 21.7 Å². The van der Waals surface area contributed by atoms with E-state index in [0.29, 0.717) is 6.07 Å². The van der Waals surface area contributed by atoms with Gasteiger partial charge in [-0.2, -0.15) is 0 Å². The van der Waals surface area contributed by atoms with Crippen LogP contribution in [0.4, 0.5) is 14.7 Å². The fourth-order valence-corrected chi connectivity index (χ4v) is 3.60. The zero-order valence-corrected chi connectivity index (χ0v) is 12.6. The molecule has 0 aliphatic carbocycles. The third-order valence-corrected chi connectivity index (χ3v) is 4.58. The van der Waals surface area contributed by atoms with Crippen LogP contribution in [-0.2, 0) is 10.0 Å². The summed E-state index contributed by atoms with van der Waals surface area (Å²) in [6.45, 7) is 0. The summed E-state index contributed by atoms with van der Waals surface area (Å²) < 4.78 is 52.4. The SMILES string of the molecule is O=S(=O)(Nc1nccc(Cl)n1)c1c(F)cc(F)cc1Br. The van der Waals surface area contributed by atoms with Crippen LogP contribution in [-0.4, -0.2) is 18.4 Å². The molecule has 0 spiro atoms. The van der Waals surface area contributed by atoms with Gasteiger partial charge in [0.15, 0.2) is 0 Å². The van der Waals surface area contributed by atoms with Crippen LogP contribution in [0.5, 0.6) is 0 Å². The van der Waals surface area contributed by atoms with E-state index in [4.69, 9.17) is 11.6 Å². The maximum atomic E-state index is 13.6. The fourth-order valence-electron chi connectivity index (χ4n) is 1.34. The summed E-state index contributed by atoms with van der Waals surface area (Å²) in [4.78, 5) is 6.49. The summed E-state index contributed by atoms with van der Waals surface area (Å²) in [5, 5.41) is 0.0105. The van der Waals surface area contributed by atoms with Gasteiger partial charge in [0.05, 0.1) is 0 Å². The van der Waals surface area contributed by atoms with E-state index < -0.39 is 26.6 Å². The number of hydrogen-bond donors (Lipinski definition) is 1. The molecule has 106 valence electrons. The number of nitrogens with zero attached hydrogens (tertiary/aromatic N) is 2. The summed E-state index contributed by atoms with van der Waals surface area (Å²) in [5.41, 5.74) is 0. The Labute approximate surface area is 126 Å². The van der Waals surface area contributed by atoms with Crippen LogP contribution >= 0.6 is 27.5 Å². The van der Waals surface area contributed by atoms with Crippen LogP contribution in [0.3, 0.4) is 0 Å². The minimum absolute atomic E-state index is 0.0105. The average molecular weight is 385 g/mol. The molecule has 1 heterocycles. The lowest BCUT2D eigenvalue weighted by Gasteiger charge is -2.09. The minimum atomic E-state index is -4.33. The molecule has 1 aromatic heterocycles. The van der Waals surface area contributed by atoms with E-state index in [9.17, 15) is 17.2 Å². The largest absolute Gasteiger partial charge is 0.268 e. The Kier molecular flexibility index (Phi) is 4.21. The van der Waals surface area contributed by atoms with Gasteiger partial charge in [-0.05, 0) is 28.1 Å². The second-order valence-electron chi connectivity index (χ2n) is 3.51. The maximum Gasteiger partial charge on any atom is 0.268 e. The Bertz CT molecular complexity index is 750. The second kappa shape index (κ2) is 5.58. The van der Waals surface area contributed by atoms with Crippen molar-refractivity contribution >= 4 is 43.5 Å². The van der Waals surface area contributed by atoms with E-state index in [0.717, 1.165) is 6.07 Å². The second-order valence-corrected chi connectivity index (χ2v) is 6.37. The number of aromatic nitrogens is 2. The van der Waals surface area contributed by atoms with Crippen molar-refractivity contribution in [1.29, 1.82) is 0 Å². The van der Waals surface area contributed by atoms with Gasteiger partial charge in [0, 0.05) is 16.7 Å². The van der Waals surface area contributed by atoms with E-state index in [2.05, 4.69) is 25.9 Å². The van der Waals surface area contributed by atoms with E-state index in [1.54, 1.807) is 0 Å². The van der Waals surface area contributed by atoms with Crippen molar-refractivity contribution in [2.24, 2.45) is 0 Å². The predicted octanol–water partition coefficient (Wildman–Crippen LogP) is 2.97. The molecule has 5 nitrogen and oxygen atoms in total. The van der Waals surface area contributed by atoms with Gasteiger partial charge in [-0.25, -0.2) is 31.9 Å². The summed E-state index contributed by atoms with van der Waals surface area (Å²) in [6, 6.07) is 2.63. The molecule has 1 N–H and O–H groups in total. The zero-order valence-electron chi connectivity index (χ0n) is 9.44. The number of nitrogens with one attached hydrogen (secondary N) is 1. The molecule has 0 aliphatic rings. The molecule has 0 atom stereocenters. The molecule has 0 unspecified atom stereocenters. The third-order valence-electron chi connectivity index (χ3n) is 2.08. The first kappa shape index (κ1) is 15.1. The molecule has 2 rings (SSSR count). The molecule has 0 fully saturated rings. The van der Waals surface area contributed by atoms with Crippen LogP contribution in [0.15, 0.2) is 33.8 Å². The minimum Gasteiger partial charge on any atom is -0.247 e. The molecule has 0 radical (unpaired) electrons. The number of anilines is 1. The van der Waals surface area contributed by atoms with E-state index >= 15 is 0 Å². The highest BCUT2D eigenvalue weighted by Crippen LogP contribution is 2.27. The topological polar surface area (TPSA) is 72.0 Å². The molecular weight excluding hydrogens is 380 g/mol. The first-order valence-corrected chi connectivity index (χ1v) is 7.61. The smallest absolute Gasteiger partial charge is 0.247 e. The highest BCUT2D eigenvalue weighted by molar-refractivity contribution is 9.10. The normalized spacial score (nSPS) is 11.4. The Balaban J connectivity index is 2.46. The third kappa shape index (κ3) is 3.22. The Hall–Kier alpha value is -1.32. The van der Waals surface area contributed by atoms with E-state index in [-0.39, 0.29) is 15.6 Å². The van der Waals surface area contributed by atoms with Crippen molar-refractivity contribution in [3.05, 3.63) is 45.7 Å². The van der Waals surface area contributed by atoms with Crippen LogP contribution in [0.1, 0.15) is 0 Å². The predicted molar refractivity (Wildman–Crippen MR) is 71.9 cm³/mol. The van der Waals surface area contributed by atoms with Crippen molar-refractivity contribution in [1.82, 2.24) is 9.97 Å². The van der Waals surface area contributed by atoms with Crippen LogP contribution in [0.25, 0.3) is 0 Å². The molecule has 2 aromatic rings. The molecular formula is C10H5BrClF2N3O2S. The molecule has 0 bridgehead atoms. The highest BCUT2D eigenvalue weighted by Gasteiger charge is 2.24. The average Bonchev–Trinajstić information content (AvgIpc) is 2.25. The molecule has 0 aliphatic heterocycles. The number of halogens is 4. The lowest BCUT2D eigenvalue weighted by molar-refractivity contribution is 0.548. The molecule has 20 heavy (non-hydrogen) atoms. The Morgan fingerprint density at radius 3 is 2.60 bits per heavy atom. The zero-order chi connectivity index (χ0) is 14.9. The summed E-state index contributed by atoms with van der Waals surface area (Å²) in [5.74, 6) is -2.48. The monoisotopic (exact) mass is 383 g/mol. The fraction of sp³-hybridized carbons (Fsp3) is 0. The van der Waals surface area contributed by atoms with Gasteiger partial charge in [-0.1, -0.05) is 11.6 Å². The lowest BCUT2D eigenvalue weighted by atomic mass is 10.3. The molecule has 1 aromatic carbocycles. The van der Waals surface area contributed by atoms with Crippen LogP contribution in [0, 0.1) is 11.6 Å². The lowest BCUT2D eigenvalue weighted by Crippen LogP contribution is -2.17. The maximum absolute atomic E-state index is 13.6. The highest BCUT2D eigenvalue weighted by atomic mass is 79.9. The number of benzene rings is 1. The van der Waals surface area contributed by atoms with Gasteiger partial charge >= 0.3 is 0 Å². The standard InChI is InChI=1S/C10H5BrClF2N3O2S/c11-6-3-5(13)4-7(14)9(6)20(18,19)17-10-15-2-1-8(12)16-10/h1-4H,(H,15,16,17). The van der Waals surface area contributed by atoms with Crippen molar-refractivity contribution in [2.75, 3.05) is 4.72 Å². The Morgan fingerprint density at radius 2 is 2.00 bits per heavy atom. The quantitative estimate of drug-likeness (QED) is 0.826. The summed E-state index contributed by atoms with van der Waals surface area (Å²) in [6.07, 6.45) is 1.23. The summed E-state index contributed by atoms with van der Waals surface area (Å²) >= 11 is 8.38. The molecule has 10 heteroatoms. The Morgan fingerprint density at radius 1 is 1.30 bits per heavy atom. The van der Waals surface area contributed by atoms with Gasteiger partial charge in [0.2, 0.25) is 5.95 Å². The number of sulfonamides is 1. The number of hydrogen-bond acceptors (Lipinski definition) is 4. The number of rotatable bonds is 3. The van der Waals surface area contributed by atoms with Crippen LogP contribution in [0.2, 0.25) is 5.15 Å². The first-order valence-electron chi connectivity index (χ1n) is 4.95.